The minimum Gasteiger partial charge on any atom is -0.0649 e. The molecule has 1 aliphatic carbocycles. The van der Waals surface area contributed by atoms with E-state index in [2.05, 4.69) is 27.7 Å². The molecule has 15 heavy (non-hydrogen) atoms. The number of hydrogen-bond acceptors (Lipinski definition) is 0. The molecule has 0 saturated heterocycles. The highest BCUT2D eigenvalue weighted by molar-refractivity contribution is 4.77. The van der Waals surface area contributed by atoms with Gasteiger partial charge in [0, 0.05) is 0 Å². The summed E-state index contributed by atoms with van der Waals surface area (Å²) in [7, 11) is 0. The Morgan fingerprint density at radius 2 is 1.27 bits per heavy atom. The molecule has 0 amide bonds. The zero-order valence-corrected chi connectivity index (χ0v) is 11.4. The smallest absolute Gasteiger partial charge is 0.0328 e. The van der Waals surface area contributed by atoms with E-state index in [9.17, 15) is 0 Å². The van der Waals surface area contributed by atoms with Crippen molar-refractivity contribution in [1.29, 1.82) is 0 Å². The summed E-state index contributed by atoms with van der Waals surface area (Å²) in [5.74, 6) is 0. The summed E-state index contributed by atoms with van der Waals surface area (Å²) in [5.41, 5.74) is 1.25. The van der Waals surface area contributed by atoms with Crippen molar-refractivity contribution in [1.82, 2.24) is 0 Å². The predicted octanol–water partition coefficient (Wildman–Crippen LogP) is 5.56. The molecule has 0 aliphatic heterocycles. The zero-order valence-electron chi connectivity index (χ0n) is 11.4. The van der Waals surface area contributed by atoms with Crippen LogP contribution in [-0.2, 0) is 0 Å². The van der Waals surface area contributed by atoms with E-state index in [0.29, 0.717) is 10.8 Å². The van der Waals surface area contributed by atoms with Crippen molar-refractivity contribution < 1.29 is 0 Å². The van der Waals surface area contributed by atoms with Crippen molar-refractivity contribution in [3.63, 3.8) is 0 Å². The molecule has 1 atom stereocenters. The van der Waals surface area contributed by atoms with Gasteiger partial charge in [-0.3, -0.25) is 0 Å². The molecule has 90 valence electrons. The quantitative estimate of drug-likeness (QED) is 0.531. The van der Waals surface area contributed by atoms with Crippen LogP contribution in [0.2, 0.25) is 0 Å². The Bertz CT molecular complexity index is 180. The van der Waals surface area contributed by atoms with Gasteiger partial charge in [0.25, 0.3) is 0 Å². The van der Waals surface area contributed by atoms with Gasteiger partial charge in [0.1, 0.15) is 0 Å². The van der Waals surface area contributed by atoms with E-state index in [1.165, 1.54) is 57.8 Å². The van der Waals surface area contributed by atoms with Gasteiger partial charge in [0.05, 0.1) is 0 Å². The van der Waals surface area contributed by atoms with Crippen LogP contribution in [0, 0.1) is 10.8 Å². The normalized spacial score (nSPS) is 33.6. The SMILES string of the molecule is CCC1(C)CCCCCC(C)(C)CCC1. The Morgan fingerprint density at radius 3 is 1.93 bits per heavy atom. The Hall–Kier alpha value is 0. The maximum absolute atomic E-state index is 2.50. The van der Waals surface area contributed by atoms with Crippen LogP contribution in [0.1, 0.15) is 85.5 Å². The molecule has 1 unspecified atom stereocenters. The lowest BCUT2D eigenvalue weighted by Crippen LogP contribution is -2.19. The van der Waals surface area contributed by atoms with Crippen LogP contribution in [0.4, 0.5) is 0 Å². The van der Waals surface area contributed by atoms with Gasteiger partial charge in [-0.05, 0) is 36.5 Å². The Kier molecular flexibility index (Phi) is 4.67. The fourth-order valence-electron chi connectivity index (χ4n) is 2.93. The highest BCUT2D eigenvalue weighted by Crippen LogP contribution is 2.39. The molecule has 0 nitrogen and oxygen atoms in total. The third-order valence-corrected chi connectivity index (χ3v) is 4.62. The van der Waals surface area contributed by atoms with Crippen molar-refractivity contribution in [3.05, 3.63) is 0 Å². The maximum atomic E-state index is 2.50. The van der Waals surface area contributed by atoms with Crippen LogP contribution in [-0.4, -0.2) is 0 Å². The lowest BCUT2D eigenvalue weighted by molar-refractivity contribution is 0.197. The fourth-order valence-corrected chi connectivity index (χ4v) is 2.93. The first-order chi connectivity index (χ1) is 6.97. The van der Waals surface area contributed by atoms with Crippen LogP contribution in [0.3, 0.4) is 0 Å². The van der Waals surface area contributed by atoms with Gasteiger partial charge < -0.3 is 0 Å². The molecular weight excluding hydrogens is 180 g/mol. The molecule has 0 radical (unpaired) electrons. The standard InChI is InChI=1S/C15H30/c1-5-15(4)12-8-6-7-10-14(2,3)11-9-13-15/h5-13H2,1-4H3. The summed E-state index contributed by atoms with van der Waals surface area (Å²) in [6.45, 7) is 9.79. The molecule has 0 aromatic rings. The first kappa shape index (κ1) is 13.1. The van der Waals surface area contributed by atoms with Crippen LogP contribution < -0.4 is 0 Å². The zero-order chi connectivity index (χ0) is 11.4. The molecule has 0 N–H and O–H groups in total. The van der Waals surface area contributed by atoms with Crippen LogP contribution >= 0.6 is 0 Å². The molecule has 0 bridgehead atoms. The van der Waals surface area contributed by atoms with Crippen molar-refractivity contribution in [2.24, 2.45) is 10.8 Å². The molecule has 1 rings (SSSR count). The van der Waals surface area contributed by atoms with E-state index in [1.54, 1.807) is 0 Å². The van der Waals surface area contributed by atoms with Gasteiger partial charge >= 0.3 is 0 Å². The maximum Gasteiger partial charge on any atom is -0.0328 e. The summed E-state index contributed by atoms with van der Waals surface area (Å²) in [6, 6.07) is 0. The minimum atomic E-state index is 0.603. The highest BCUT2D eigenvalue weighted by Gasteiger charge is 2.25. The molecule has 1 fully saturated rings. The van der Waals surface area contributed by atoms with Gasteiger partial charge in [-0.15, -0.1) is 0 Å². The van der Waals surface area contributed by atoms with Crippen molar-refractivity contribution in [2.75, 3.05) is 0 Å². The Labute approximate surface area is 96.8 Å². The third-order valence-electron chi connectivity index (χ3n) is 4.62. The van der Waals surface area contributed by atoms with Crippen molar-refractivity contribution in [2.45, 2.75) is 85.5 Å². The summed E-state index contributed by atoms with van der Waals surface area (Å²) in [4.78, 5) is 0. The van der Waals surface area contributed by atoms with E-state index in [4.69, 9.17) is 0 Å². The first-order valence-corrected chi connectivity index (χ1v) is 6.97. The first-order valence-electron chi connectivity index (χ1n) is 6.97. The fraction of sp³-hybridized carbons (Fsp3) is 1.00. The largest absolute Gasteiger partial charge is 0.0649 e. The van der Waals surface area contributed by atoms with Crippen LogP contribution in [0.15, 0.2) is 0 Å². The number of hydrogen-bond donors (Lipinski definition) is 0. The molecular formula is C15H30. The number of rotatable bonds is 1. The van der Waals surface area contributed by atoms with E-state index < -0.39 is 0 Å². The van der Waals surface area contributed by atoms with Gasteiger partial charge in [-0.25, -0.2) is 0 Å². The lowest BCUT2D eigenvalue weighted by Gasteiger charge is -2.33. The predicted molar refractivity (Wildman–Crippen MR) is 69.1 cm³/mol. The molecule has 0 heteroatoms. The molecule has 0 spiro atoms. The average Bonchev–Trinajstić information content (AvgIpc) is 2.16. The van der Waals surface area contributed by atoms with Crippen LogP contribution in [0.25, 0.3) is 0 Å². The van der Waals surface area contributed by atoms with E-state index >= 15 is 0 Å². The van der Waals surface area contributed by atoms with E-state index in [1.807, 2.05) is 0 Å². The van der Waals surface area contributed by atoms with E-state index in [-0.39, 0.29) is 0 Å². The molecule has 0 aromatic carbocycles. The molecule has 1 aliphatic rings. The van der Waals surface area contributed by atoms with Crippen molar-refractivity contribution in [3.8, 4) is 0 Å². The molecule has 0 aromatic heterocycles. The summed E-state index contributed by atoms with van der Waals surface area (Å²) < 4.78 is 0. The Morgan fingerprint density at radius 1 is 0.733 bits per heavy atom. The van der Waals surface area contributed by atoms with Crippen LogP contribution in [0.5, 0.6) is 0 Å². The second-order valence-corrected chi connectivity index (χ2v) is 6.74. The lowest BCUT2D eigenvalue weighted by atomic mass is 9.73. The highest BCUT2D eigenvalue weighted by atomic mass is 14.3. The third kappa shape index (κ3) is 4.57. The minimum absolute atomic E-state index is 0.603. The average molecular weight is 210 g/mol. The summed E-state index contributed by atoms with van der Waals surface area (Å²) in [5, 5.41) is 0. The molecule has 0 heterocycles. The van der Waals surface area contributed by atoms with E-state index in [0.717, 1.165) is 0 Å². The van der Waals surface area contributed by atoms with Gasteiger partial charge in [0.2, 0.25) is 0 Å². The second-order valence-electron chi connectivity index (χ2n) is 6.74. The van der Waals surface area contributed by atoms with Crippen molar-refractivity contribution >= 4 is 0 Å². The summed E-state index contributed by atoms with van der Waals surface area (Å²) >= 11 is 0. The Balaban J connectivity index is 2.51. The second kappa shape index (κ2) is 5.37. The summed E-state index contributed by atoms with van der Waals surface area (Å²) in [6.07, 6.45) is 13.0. The van der Waals surface area contributed by atoms with Gasteiger partial charge in [-0.1, -0.05) is 59.8 Å². The topological polar surface area (TPSA) is 0 Å². The molecule has 1 saturated carbocycles. The monoisotopic (exact) mass is 210 g/mol. The van der Waals surface area contributed by atoms with Gasteiger partial charge in [-0.2, -0.15) is 0 Å². The van der Waals surface area contributed by atoms with Gasteiger partial charge in [0.15, 0.2) is 0 Å².